The predicted octanol–water partition coefficient (Wildman–Crippen LogP) is 1.60. The van der Waals surface area contributed by atoms with Gasteiger partial charge in [0.25, 0.3) is 0 Å². The topological polar surface area (TPSA) is 99.7 Å². The summed E-state index contributed by atoms with van der Waals surface area (Å²) in [6, 6.07) is 3.90. The van der Waals surface area contributed by atoms with Crippen LogP contribution in [-0.2, 0) is 4.79 Å². The molecule has 7 nitrogen and oxygen atoms in total. The fourth-order valence-electron chi connectivity index (χ4n) is 2.69. The smallest absolute Gasteiger partial charge is 0.230 e. The molecule has 1 fully saturated rings. The molecule has 0 unspecified atom stereocenters. The average molecular weight is 337 g/mol. The number of carbonyl (C=O) groups is 1. The van der Waals surface area contributed by atoms with Gasteiger partial charge in [0.2, 0.25) is 17.6 Å². The van der Waals surface area contributed by atoms with E-state index in [2.05, 4.69) is 10.1 Å². The highest BCUT2D eigenvalue weighted by Crippen LogP contribution is 2.29. The molecule has 0 aromatic carbocycles. The molecule has 0 atom stereocenters. The van der Waals surface area contributed by atoms with Crippen molar-refractivity contribution in [3.05, 3.63) is 23.4 Å². The molecular weight excluding hydrogens is 318 g/mol. The number of aliphatic hydroxyl groups is 2. The zero-order chi connectivity index (χ0) is 16.2. The Morgan fingerprint density at radius 2 is 2.22 bits per heavy atom. The number of rotatable bonds is 5. The molecule has 0 spiro atoms. The van der Waals surface area contributed by atoms with Gasteiger partial charge in [-0.3, -0.25) is 4.79 Å². The number of nitrogens with zero attached hydrogens (tertiary/aromatic N) is 3. The Kier molecular flexibility index (Phi) is 5.04. The van der Waals surface area contributed by atoms with Gasteiger partial charge in [-0.05, 0) is 24.3 Å². The number of aromatic nitrogens is 2. The molecule has 1 amide bonds. The first-order chi connectivity index (χ1) is 11.1. The van der Waals surface area contributed by atoms with E-state index in [-0.39, 0.29) is 24.7 Å². The Morgan fingerprint density at radius 1 is 1.43 bits per heavy atom. The average Bonchev–Trinajstić information content (AvgIpc) is 3.23. The lowest BCUT2D eigenvalue weighted by Crippen LogP contribution is -2.38. The lowest BCUT2D eigenvalue weighted by atomic mass is 9.96. The van der Waals surface area contributed by atoms with Gasteiger partial charge in [0.05, 0.1) is 4.88 Å². The van der Waals surface area contributed by atoms with E-state index in [4.69, 9.17) is 14.7 Å². The van der Waals surface area contributed by atoms with Crippen molar-refractivity contribution < 1.29 is 19.5 Å². The van der Waals surface area contributed by atoms with Crippen molar-refractivity contribution in [3.63, 3.8) is 0 Å². The second-order valence-electron chi connectivity index (χ2n) is 5.61. The van der Waals surface area contributed by atoms with Gasteiger partial charge in [0.1, 0.15) is 0 Å². The first kappa shape index (κ1) is 16.1. The maximum atomic E-state index is 12.0. The number of aliphatic hydroxyl groups excluding tert-OH is 1. The van der Waals surface area contributed by atoms with Crippen LogP contribution in [0.1, 0.15) is 37.5 Å². The first-order valence-electron chi connectivity index (χ1n) is 7.65. The largest absolute Gasteiger partial charge is 0.368 e. The summed E-state index contributed by atoms with van der Waals surface area (Å²) >= 11 is 1.57. The lowest BCUT2D eigenvalue weighted by Gasteiger charge is -2.30. The van der Waals surface area contributed by atoms with E-state index < -0.39 is 6.29 Å². The third-order valence-corrected chi connectivity index (χ3v) is 4.86. The summed E-state index contributed by atoms with van der Waals surface area (Å²) in [5, 5.41) is 23.7. The van der Waals surface area contributed by atoms with Crippen LogP contribution in [0.5, 0.6) is 0 Å². The number of hydrogen-bond donors (Lipinski definition) is 2. The van der Waals surface area contributed by atoms with E-state index >= 15 is 0 Å². The summed E-state index contributed by atoms with van der Waals surface area (Å²) in [7, 11) is 0. The van der Waals surface area contributed by atoms with E-state index in [1.54, 1.807) is 16.2 Å². The van der Waals surface area contributed by atoms with E-state index in [0.29, 0.717) is 24.8 Å². The predicted molar refractivity (Wildman–Crippen MR) is 83.6 cm³/mol. The van der Waals surface area contributed by atoms with E-state index in [0.717, 1.165) is 17.7 Å². The van der Waals surface area contributed by atoms with Gasteiger partial charge in [-0.25, -0.2) is 0 Å². The highest BCUT2D eigenvalue weighted by atomic mass is 32.1. The van der Waals surface area contributed by atoms with Gasteiger partial charge in [-0.1, -0.05) is 11.2 Å². The Morgan fingerprint density at radius 3 is 2.87 bits per heavy atom. The van der Waals surface area contributed by atoms with Gasteiger partial charge in [-0.2, -0.15) is 4.98 Å². The van der Waals surface area contributed by atoms with E-state index in [1.807, 2.05) is 17.5 Å². The molecule has 8 heteroatoms. The Bertz CT molecular complexity index is 633. The number of piperidine rings is 1. The molecule has 2 aromatic rings. The van der Waals surface area contributed by atoms with Crippen LogP contribution in [0.4, 0.5) is 0 Å². The highest BCUT2D eigenvalue weighted by molar-refractivity contribution is 7.13. The molecule has 0 aliphatic carbocycles. The molecule has 0 radical (unpaired) electrons. The van der Waals surface area contributed by atoms with Crippen molar-refractivity contribution in [1.82, 2.24) is 15.0 Å². The van der Waals surface area contributed by atoms with Crippen LogP contribution >= 0.6 is 11.3 Å². The Balaban J connectivity index is 1.54. The number of hydrogen-bond acceptors (Lipinski definition) is 7. The zero-order valence-corrected chi connectivity index (χ0v) is 13.4. The van der Waals surface area contributed by atoms with Gasteiger partial charge in [0, 0.05) is 31.8 Å². The Labute approximate surface area is 137 Å². The number of carbonyl (C=O) groups excluding carboxylic acids is 1. The molecule has 1 aliphatic heterocycles. The van der Waals surface area contributed by atoms with Gasteiger partial charge in [-0.15, -0.1) is 11.3 Å². The molecule has 0 bridgehead atoms. The minimum Gasteiger partial charge on any atom is -0.368 e. The standard InChI is InChI=1S/C15H19N3O4S/c19-12(3-4-13(20)21)18-7-5-10(6-8-18)15-16-14(17-22-15)11-2-1-9-23-11/h1-2,9-10,13,20-21H,3-8H2. The molecule has 3 heterocycles. The normalized spacial score (nSPS) is 16.2. The third-order valence-electron chi connectivity index (χ3n) is 4.00. The van der Waals surface area contributed by atoms with Crippen molar-refractivity contribution in [2.45, 2.75) is 37.9 Å². The minimum atomic E-state index is -1.43. The molecule has 23 heavy (non-hydrogen) atoms. The van der Waals surface area contributed by atoms with Crippen LogP contribution in [0, 0.1) is 0 Å². The van der Waals surface area contributed by atoms with Crippen molar-refractivity contribution in [1.29, 1.82) is 0 Å². The van der Waals surface area contributed by atoms with Crippen LogP contribution in [0.25, 0.3) is 10.7 Å². The second kappa shape index (κ2) is 7.20. The summed E-state index contributed by atoms with van der Waals surface area (Å²) in [6.07, 6.45) is 0.363. The SMILES string of the molecule is O=C(CCC(O)O)N1CCC(c2nc(-c3cccs3)no2)CC1. The van der Waals surface area contributed by atoms with Crippen LogP contribution in [0.15, 0.2) is 22.0 Å². The second-order valence-corrected chi connectivity index (χ2v) is 6.56. The molecule has 2 N–H and O–H groups in total. The quantitative estimate of drug-likeness (QED) is 0.804. The van der Waals surface area contributed by atoms with E-state index in [1.165, 1.54) is 0 Å². The molecule has 0 saturated carbocycles. The van der Waals surface area contributed by atoms with E-state index in [9.17, 15) is 4.79 Å². The van der Waals surface area contributed by atoms with Crippen molar-refractivity contribution in [2.24, 2.45) is 0 Å². The van der Waals surface area contributed by atoms with Crippen LogP contribution < -0.4 is 0 Å². The summed E-state index contributed by atoms with van der Waals surface area (Å²) in [5.74, 6) is 1.38. The van der Waals surface area contributed by atoms with Gasteiger partial charge in [0.15, 0.2) is 6.29 Å². The summed E-state index contributed by atoms with van der Waals surface area (Å²) in [5.41, 5.74) is 0. The maximum absolute atomic E-state index is 12.0. The molecular formula is C15H19N3O4S. The summed E-state index contributed by atoms with van der Waals surface area (Å²) in [4.78, 5) is 19.2. The highest BCUT2D eigenvalue weighted by Gasteiger charge is 2.27. The maximum Gasteiger partial charge on any atom is 0.230 e. The number of likely N-dealkylation sites (tertiary alicyclic amines) is 1. The minimum absolute atomic E-state index is 0.0404. The van der Waals surface area contributed by atoms with Crippen LogP contribution in [-0.4, -0.2) is 50.5 Å². The molecule has 2 aromatic heterocycles. The fraction of sp³-hybridized carbons (Fsp3) is 0.533. The molecule has 1 aliphatic rings. The Hall–Kier alpha value is -1.77. The number of amides is 1. The summed E-state index contributed by atoms with van der Waals surface area (Å²) < 4.78 is 5.38. The van der Waals surface area contributed by atoms with Crippen LogP contribution in [0.2, 0.25) is 0 Å². The van der Waals surface area contributed by atoms with Crippen LogP contribution in [0.3, 0.4) is 0 Å². The number of thiophene rings is 1. The monoisotopic (exact) mass is 337 g/mol. The fourth-order valence-corrected chi connectivity index (χ4v) is 3.34. The van der Waals surface area contributed by atoms with Crippen molar-refractivity contribution >= 4 is 17.2 Å². The van der Waals surface area contributed by atoms with Gasteiger partial charge < -0.3 is 19.6 Å². The molecule has 3 rings (SSSR count). The van der Waals surface area contributed by atoms with Crippen molar-refractivity contribution in [2.75, 3.05) is 13.1 Å². The zero-order valence-electron chi connectivity index (χ0n) is 12.6. The molecule has 1 saturated heterocycles. The summed E-state index contributed by atoms with van der Waals surface area (Å²) in [6.45, 7) is 1.25. The van der Waals surface area contributed by atoms with Crippen molar-refractivity contribution in [3.8, 4) is 10.7 Å². The third kappa shape index (κ3) is 3.95. The molecule has 124 valence electrons. The first-order valence-corrected chi connectivity index (χ1v) is 8.53. The lowest BCUT2D eigenvalue weighted by molar-refractivity contribution is -0.134. The van der Waals surface area contributed by atoms with Gasteiger partial charge >= 0.3 is 0 Å².